The van der Waals surface area contributed by atoms with Gasteiger partial charge in [0.2, 0.25) is 0 Å². The smallest absolute Gasteiger partial charge is 0.0701 e. The van der Waals surface area contributed by atoms with Gasteiger partial charge in [-0.05, 0) is 55.2 Å². The van der Waals surface area contributed by atoms with Crippen LogP contribution in [0.15, 0.2) is 97.1 Å². The van der Waals surface area contributed by atoms with E-state index in [4.69, 9.17) is 0 Å². The Hall–Kier alpha value is -3.13. The van der Waals surface area contributed by atoms with Crippen LogP contribution in [0.3, 0.4) is 0 Å². The molecule has 0 heterocycles. The van der Waals surface area contributed by atoms with E-state index in [-0.39, 0.29) is 0 Å². The molecule has 4 aromatic carbocycles. The lowest BCUT2D eigenvalue weighted by Gasteiger charge is -2.37. The van der Waals surface area contributed by atoms with Crippen molar-refractivity contribution >= 4 is 9.24 Å². The third-order valence-electron chi connectivity index (χ3n) is 5.99. The van der Waals surface area contributed by atoms with Gasteiger partial charge in [0, 0.05) is 5.56 Å². The van der Waals surface area contributed by atoms with Gasteiger partial charge in [0.15, 0.2) is 0 Å². The monoisotopic (exact) mass is 418 g/mol. The lowest BCUT2D eigenvalue weighted by molar-refractivity contribution is 0.744. The third kappa shape index (κ3) is 4.07. The molecule has 0 aliphatic carbocycles. The molecule has 0 bridgehead atoms. The highest BCUT2D eigenvalue weighted by atomic mass is 31.0. The van der Waals surface area contributed by atoms with Crippen LogP contribution in [0.2, 0.25) is 0 Å². The van der Waals surface area contributed by atoms with E-state index in [0.29, 0.717) is 0 Å². The van der Waals surface area contributed by atoms with Gasteiger partial charge in [0.25, 0.3) is 0 Å². The van der Waals surface area contributed by atoms with Crippen LogP contribution in [0.25, 0.3) is 0 Å². The quantitative estimate of drug-likeness (QED) is 0.187. The predicted molar refractivity (Wildman–Crippen MR) is 136 cm³/mol. The lowest BCUT2D eigenvalue weighted by Crippen LogP contribution is -2.31. The van der Waals surface area contributed by atoms with Crippen LogP contribution in [-0.2, 0) is 5.41 Å². The molecule has 0 amide bonds. The van der Waals surface area contributed by atoms with Gasteiger partial charge in [-0.25, -0.2) is 0 Å². The zero-order valence-corrected chi connectivity index (χ0v) is 19.5. The number of rotatable bonds is 4. The van der Waals surface area contributed by atoms with Crippen LogP contribution in [0.4, 0.5) is 0 Å². The van der Waals surface area contributed by atoms with E-state index in [1.165, 1.54) is 38.9 Å². The van der Waals surface area contributed by atoms with Crippen LogP contribution in [-0.4, -0.2) is 0 Å². The molecule has 0 N–H and O–H groups in total. The van der Waals surface area contributed by atoms with E-state index in [2.05, 4.69) is 139 Å². The van der Waals surface area contributed by atoms with Crippen molar-refractivity contribution in [1.29, 1.82) is 0 Å². The molecule has 31 heavy (non-hydrogen) atoms. The van der Waals surface area contributed by atoms with Crippen molar-refractivity contribution in [2.24, 2.45) is 0 Å². The van der Waals surface area contributed by atoms with Crippen LogP contribution in [0.5, 0.6) is 0 Å². The number of hydrogen-bond acceptors (Lipinski definition) is 0. The Kier molecular flexibility index (Phi) is 6.08. The molecule has 1 unspecified atom stereocenters. The zero-order valence-electron chi connectivity index (χ0n) is 18.3. The molecule has 0 saturated carbocycles. The molecule has 1 atom stereocenters. The topological polar surface area (TPSA) is 0 Å². The maximum absolute atomic E-state index is 3.14. The van der Waals surface area contributed by atoms with Crippen LogP contribution in [0, 0.1) is 32.4 Å². The molecule has 0 aliphatic heterocycles. The Morgan fingerprint density at radius 1 is 0.484 bits per heavy atom. The average Bonchev–Trinajstić information content (AvgIpc) is 2.79. The van der Waals surface area contributed by atoms with Gasteiger partial charge in [-0.2, -0.15) is 0 Å². The zero-order chi connectivity index (χ0) is 21.8. The molecule has 0 aromatic heterocycles. The highest BCUT2D eigenvalue weighted by Gasteiger charge is 2.38. The minimum absolute atomic E-state index is 0.415. The van der Waals surface area contributed by atoms with Gasteiger partial charge < -0.3 is 0 Å². The molecule has 4 rings (SSSR count). The van der Waals surface area contributed by atoms with Crippen molar-refractivity contribution in [1.82, 2.24) is 0 Å². The summed E-state index contributed by atoms with van der Waals surface area (Å²) in [5.41, 5.74) is 12.3. The van der Waals surface area contributed by atoms with E-state index >= 15 is 0 Å². The van der Waals surface area contributed by atoms with Crippen molar-refractivity contribution in [3.8, 4) is 11.6 Å². The highest BCUT2D eigenvalue weighted by molar-refractivity contribution is 7.23. The summed E-state index contributed by atoms with van der Waals surface area (Å²) in [7, 11) is 2.47. The van der Waals surface area contributed by atoms with Gasteiger partial charge in [0.1, 0.15) is 0 Å². The summed E-state index contributed by atoms with van der Waals surface area (Å²) in [5, 5.41) is 0. The van der Waals surface area contributed by atoms with Gasteiger partial charge in [-0.1, -0.05) is 122 Å². The molecular formula is C30H27P. The molecule has 0 nitrogen and oxygen atoms in total. The molecule has 0 radical (unpaired) electrons. The van der Waals surface area contributed by atoms with E-state index < -0.39 is 5.41 Å². The largest absolute Gasteiger partial charge is 0.0781 e. The first-order chi connectivity index (χ1) is 15.0. The van der Waals surface area contributed by atoms with Gasteiger partial charge in [0.05, 0.1) is 5.41 Å². The molecule has 0 saturated heterocycles. The standard InChI is InChI=1S/C30H27P/c1-22-4-12-26(13-5-22)30(27-14-6-23(2)7-15-27,28-16-8-24(3)9-17-28)29-18-10-25(11-19-29)20-21-31/h4-19H,31H2,1-3H3. The maximum atomic E-state index is 3.14. The number of hydrogen-bond donors (Lipinski definition) is 0. The second-order valence-corrected chi connectivity index (χ2v) is 8.48. The Balaban J connectivity index is 2.09. The first kappa shape index (κ1) is 21.1. The summed E-state index contributed by atoms with van der Waals surface area (Å²) in [5.74, 6) is 3.14. The fourth-order valence-electron chi connectivity index (χ4n) is 4.30. The van der Waals surface area contributed by atoms with E-state index in [9.17, 15) is 0 Å². The first-order valence-electron chi connectivity index (χ1n) is 10.6. The Labute approximate surface area is 188 Å². The number of benzene rings is 4. The third-order valence-corrected chi connectivity index (χ3v) is 6.13. The molecule has 0 spiro atoms. The molecule has 4 aromatic rings. The summed E-state index contributed by atoms with van der Waals surface area (Å²) in [4.78, 5) is 0. The Morgan fingerprint density at radius 3 is 1.06 bits per heavy atom. The van der Waals surface area contributed by atoms with E-state index in [0.717, 1.165) is 5.56 Å². The second kappa shape index (κ2) is 8.93. The maximum Gasteiger partial charge on any atom is 0.0701 e. The second-order valence-electron chi connectivity index (χ2n) is 8.19. The minimum Gasteiger partial charge on any atom is -0.0781 e. The van der Waals surface area contributed by atoms with Gasteiger partial charge >= 0.3 is 0 Å². The SMILES string of the molecule is Cc1ccc(C(c2ccc(C)cc2)(c2ccc(C)cc2)c2ccc(C#CP)cc2)cc1. The molecule has 152 valence electrons. The van der Waals surface area contributed by atoms with Crippen molar-refractivity contribution in [2.45, 2.75) is 26.2 Å². The summed E-state index contributed by atoms with van der Waals surface area (Å²) >= 11 is 0. The molecule has 0 aliphatic rings. The molecular weight excluding hydrogens is 391 g/mol. The molecule has 0 fully saturated rings. The average molecular weight is 419 g/mol. The Morgan fingerprint density at radius 2 is 0.774 bits per heavy atom. The highest BCUT2D eigenvalue weighted by Crippen LogP contribution is 2.45. The predicted octanol–water partition coefficient (Wildman–Crippen LogP) is 7.18. The summed E-state index contributed by atoms with van der Waals surface area (Å²) in [6.07, 6.45) is 0. The molecule has 1 heteroatoms. The van der Waals surface area contributed by atoms with Gasteiger partial charge in [-0.15, -0.1) is 0 Å². The lowest BCUT2D eigenvalue weighted by atomic mass is 9.65. The van der Waals surface area contributed by atoms with Crippen molar-refractivity contribution < 1.29 is 0 Å². The van der Waals surface area contributed by atoms with E-state index in [1.807, 2.05) is 0 Å². The first-order valence-corrected chi connectivity index (χ1v) is 11.2. The van der Waals surface area contributed by atoms with E-state index in [1.54, 1.807) is 0 Å². The fourth-order valence-corrected chi connectivity index (χ4v) is 4.46. The van der Waals surface area contributed by atoms with Crippen LogP contribution < -0.4 is 0 Å². The minimum atomic E-state index is -0.415. The van der Waals surface area contributed by atoms with Crippen LogP contribution in [0.1, 0.15) is 44.5 Å². The Bertz CT molecular complexity index is 1110. The summed E-state index contributed by atoms with van der Waals surface area (Å²) < 4.78 is 0. The number of aryl methyl sites for hydroxylation is 3. The van der Waals surface area contributed by atoms with Crippen LogP contribution >= 0.6 is 9.24 Å². The van der Waals surface area contributed by atoms with Crippen molar-refractivity contribution in [3.63, 3.8) is 0 Å². The summed E-state index contributed by atoms with van der Waals surface area (Å²) in [6, 6.07) is 35.6. The fraction of sp³-hybridized carbons (Fsp3) is 0.133. The normalized spacial score (nSPS) is 11.0. The van der Waals surface area contributed by atoms with Gasteiger partial charge in [-0.3, -0.25) is 0 Å². The van der Waals surface area contributed by atoms with Crippen molar-refractivity contribution in [3.05, 3.63) is 142 Å². The van der Waals surface area contributed by atoms with Crippen molar-refractivity contribution in [2.75, 3.05) is 0 Å². The summed E-state index contributed by atoms with van der Waals surface area (Å²) in [6.45, 7) is 6.41.